The zero-order valence-corrected chi connectivity index (χ0v) is 20.0. The Labute approximate surface area is 199 Å². The van der Waals surface area contributed by atoms with Crippen LogP contribution in [0.1, 0.15) is 13.8 Å². The van der Waals surface area contributed by atoms with Gasteiger partial charge in [0.25, 0.3) is 0 Å². The summed E-state index contributed by atoms with van der Waals surface area (Å²) in [6.45, 7) is 5.49. The van der Waals surface area contributed by atoms with Crippen LogP contribution in [0.5, 0.6) is 0 Å². The molecule has 0 aliphatic carbocycles. The second-order valence-electron chi connectivity index (χ2n) is 7.98. The number of aromatic nitrogens is 2. The number of nitrogens with zero attached hydrogens (tertiary/aromatic N) is 4. The van der Waals surface area contributed by atoms with Gasteiger partial charge in [-0.15, -0.1) is 0 Å². The number of piperazine rings is 1. The fourth-order valence-electron chi connectivity index (χ4n) is 3.80. The van der Waals surface area contributed by atoms with E-state index in [1.807, 2.05) is 54.6 Å². The van der Waals surface area contributed by atoms with E-state index < -0.39 is 10.0 Å². The summed E-state index contributed by atoms with van der Waals surface area (Å²) in [5.41, 5.74) is 4.32. The molecule has 0 radical (unpaired) electrons. The average Bonchev–Trinajstić information content (AvgIpc) is 2.85. The molecule has 1 fully saturated rings. The Hall–Kier alpha value is -3.50. The van der Waals surface area contributed by atoms with Crippen LogP contribution < -0.4 is 15.5 Å². The molecule has 2 aromatic carbocycles. The maximum atomic E-state index is 12.1. The fraction of sp³-hybridized carbons (Fsp3) is 0.292. The summed E-state index contributed by atoms with van der Waals surface area (Å²) < 4.78 is 25.7. The van der Waals surface area contributed by atoms with Gasteiger partial charge in [0.15, 0.2) is 0 Å². The third kappa shape index (κ3) is 5.70. The van der Waals surface area contributed by atoms with Crippen molar-refractivity contribution in [2.75, 3.05) is 47.5 Å². The fourth-order valence-corrected chi connectivity index (χ4v) is 4.88. The van der Waals surface area contributed by atoms with E-state index in [1.165, 1.54) is 6.92 Å². The van der Waals surface area contributed by atoms with Gasteiger partial charge in [0.05, 0.1) is 11.4 Å². The van der Waals surface area contributed by atoms with Crippen molar-refractivity contribution in [3.63, 3.8) is 0 Å². The van der Waals surface area contributed by atoms with Crippen LogP contribution in [0.2, 0.25) is 0 Å². The van der Waals surface area contributed by atoms with E-state index in [-0.39, 0.29) is 11.7 Å². The van der Waals surface area contributed by atoms with Crippen LogP contribution >= 0.6 is 0 Å². The van der Waals surface area contributed by atoms with Gasteiger partial charge in [0.2, 0.25) is 21.9 Å². The molecule has 10 heteroatoms. The number of nitrogens with one attached hydrogen (secondary N) is 2. The van der Waals surface area contributed by atoms with Gasteiger partial charge >= 0.3 is 0 Å². The van der Waals surface area contributed by atoms with Crippen molar-refractivity contribution >= 4 is 38.9 Å². The highest BCUT2D eigenvalue weighted by Crippen LogP contribution is 2.24. The van der Waals surface area contributed by atoms with Gasteiger partial charge in [0.1, 0.15) is 0 Å². The lowest BCUT2D eigenvalue weighted by molar-refractivity contribution is -0.114. The summed E-state index contributed by atoms with van der Waals surface area (Å²) in [5.74, 6) is 0.507. The second kappa shape index (κ2) is 10.2. The molecule has 1 amide bonds. The first-order valence-electron chi connectivity index (χ1n) is 11.1. The second-order valence-corrected chi connectivity index (χ2v) is 10.2. The van der Waals surface area contributed by atoms with Gasteiger partial charge in [-0.25, -0.2) is 18.4 Å². The van der Waals surface area contributed by atoms with Gasteiger partial charge < -0.3 is 15.5 Å². The number of carbonyl (C=O) groups is 1. The van der Waals surface area contributed by atoms with Crippen molar-refractivity contribution in [2.45, 2.75) is 13.8 Å². The van der Waals surface area contributed by atoms with Crippen LogP contribution in [-0.2, 0) is 14.8 Å². The van der Waals surface area contributed by atoms with Gasteiger partial charge in [-0.1, -0.05) is 12.1 Å². The highest BCUT2D eigenvalue weighted by atomic mass is 32.2. The Kier molecular flexibility index (Phi) is 7.09. The molecular weight excluding hydrogens is 452 g/mol. The lowest BCUT2D eigenvalue weighted by atomic mass is 10.1. The molecule has 1 aliphatic heterocycles. The molecule has 1 aromatic heterocycles. The lowest BCUT2D eigenvalue weighted by Crippen LogP contribution is -2.49. The van der Waals surface area contributed by atoms with Gasteiger partial charge in [0, 0.05) is 61.9 Å². The minimum atomic E-state index is -3.13. The molecule has 1 aliphatic rings. The molecule has 4 rings (SSSR count). The first-order chi connectivity index (χ1) is 16.3. The smallest absolute Gasteiger partial charge is 0.227 e. The molecule has 2 N–H and O–H groups in total. The van der Waals surface area contributed by atoms with Crippen molar-refractivity contribution < 1.29 is 13.2 Å². The van der Waals surface area contributed by atoms with E-state index in [0.717, 1.165) is 28.3 Å². The molecule has 3 aromatic rings. The monoisotopic (exact) mass is 480 g/mol. The number of hydrogen-bond donors (Lipinski definition) is 2. The van der Waals surface area contributed by atoms with Gasteiger partial charge in [-0.3, -0.25) is 4.79 Å². The van der Waals surface area contributed by atoms with E-state index in [4.69, 9.17) is 0 Å². The van der Waals surface area contributed by atoms with E-state index in [1.54, 1.807) is 17.4 Å². The van der Waals surface area contributed by atoms with Crippen molar-refractivity contribution in [2.24, 2.45) is 0 Å². The van der Waals surface area contributed by atoms with E-state index >= 15 is 0 Å². The maximum Gasteiger partial charge on any atom is 0.227 e. The molecule has 34 heavy (non-hydrogen) atoms. The third-order valence-electron chi connectivity index (χ3n) is 5.64. The highest BCUT2D eigenvalue weighted by Gasteiger charge is 2.25. The molecule has 0 atom stereocenters. The number of rotatable bonds is 7. The first-order valence-corrected chi connectivity index (χ1v) is 12.8. The molecular formula is C24H28N6O3S. The quantitative estimate of drug-likeness (QED) is 0.534. The van der Waals surface area contributed by atoms with Crippen LogP contribution in [0.4, 0.5) is 23.0 Å². The van der Waals surface area contributed by atoms with Crippen molar-refractivity contribution in [3.05, 3.63) is 60.8 Å². The predicted octanol–water partition coefficient (Wildman–Crippen LogP) is 3.32. The summed E-state index contributed by atoms with van der Waals surface area (Å²) in [6, 6.07) is 17.2. The zero-order chi connectivity index (χ0) is 24.1. The molecule has 1 saturated heterocycles. The van der Waals surface area contributed by atoms with Crippen molar-refractivity contribution in [1.29, 1.82) is 0 Å². The zero-order valence-electron chi connectivity index (χ0n) is 19.2. The summed E-state index contributed by atoms with van der Waals surface area (Å²) in [5, 5.41) is 5.98. The SMILES string of the molecule is CCS(=O)(=O)N1CCN(c2ccc(Nc3nccc(-c4ccc(NC(C)=O)cc4)n3)cc2)CC1. The van der Waals surface area contributed by atoms with Gasteiger partial charge in [-0.2, -0.15) is 4.31 Å². The Morgan fingerprint density at radius 2 is 1.59 bits per heavy atom. The Bertz CT molecular complexity index is 1240. The Balaban J connectivity index is 1.39. The van der Waals surface area contributed by atoms with Crippen molar-refractivity contribution in [1.82, 2.24) is 14.3 Å². The molecule has 9 nitrogen and oxygen atoms in total. The van der Waals surface area contributed by atoms with Crippen LogP contribution in [0.25, 0.3) is 11.3 Å². The molecule has 0 unspecified atom stereocenters. The number of sulfonamides is 1. The number of carbonyl (C=O) groups excluding carboxylic acids is 1. The standard InChI is InChI=1S/C24H28N6O3S/c1-3-34(32,33)30-16-14-29(15-17-30)22-10-8-21(9-11-22)27-24-25-13-12-23(28-24)19-4-6-20(7-5-19)26-18(2)31/h4-13H,3,14-17H2,1-2H3,(H,26,31)(H,25,27,28). The average molecular weight is 481 g/mol. The molecule has 2 heterocycles. The van der Waals surface area contributed by atoms with Crippen LogP contribution in [-0.4, -0.2) is 60.5 Å². The maximum absolute atomic E-state index is 12.1. The Morgan fingerprint density at radius 3 is 2.21 bits per heavy atom. The first kappa shape index (κ1) is 23.7. The molecule has 0 saturated carbocycles. The highest BCUT2D eigenvalue weighted by molar-refractivity contribution is 7.89. The number of hydrogen-bond acceptors (Lipinski definition) is 7. The predicted molar refractivity (Wildman–Crippen MR) is 135 cm³/mol. The number of amides is 1. The normalized spacial score (nSPS) is 14.6. The van der Waals surface area contributed by atoms with Gasteiger partial charge in [-0.05, 0) is 49.4 Å². The van der Waals surface area contributed by atoms with Crippen LogP contribution in [0, 0.1) is 0 Å². The topological polar surface area (TPSA) is 108 Å². The Morgan fingerprint density at radius 1 is 0.941 bits per heavy atom. The third-order valence-corrected chi connectivity index (χ3v) is 7.52. The summed E-state index contributed by atoms with van der Waals surface area (Å²) >= 11 is 0. The number of anilines is 4. The minimum Gasteiger partial charge on any atom is -0.369 e. The summed E-state index contributed by atoms with van der Waals surface area (Å²) in [7, 11) is -3.13. The van der Waals surface area contributed by atoms with Crippen LogP contribution in [0.3, 0.4) is 0 Å². The van der Waals surface area contributed by atoms with E-state index in [0.29, 0.717) is 32.1 Å². The summed E-state index contributed by atoms with van der Waals surface area (Å²) in [4.78, 5) is 22.3. The van der Waals surface area contributed by atoms with Crippen LogP contribution in [0.15, 0.2) is 60.8 Å². The molecule has 0 bridgehead atoms. The lowest BCUT2D eigenvalue weighted by Gasteiger charge is -2.35. The van der Waals surface area contributed by atoms with Crippen molar-refractivity contribution in [3.8, 4) is 11.3 Å². The summed E-state index contributed by atoms with van der Waals surface area (Å²) in [6.07, 6.45) is 1.70. The van der Waals surface area contributed by atoms with E-state index in [2.05, 4.69) is 25.5 Å². The number of benzene rings is 2. The molecule has 178 valence electrons. The molecule has 0 spiro atoms. The largest absolute Gasteiger partial charge is 0.369 e. The minimum absolute atomic E-state index is 0.112. The van der Waals surface area contributed by atoms with E-state index in [9.17, 15) is 13.2 Å².